The number of hydrogen-bond acceptors (Lipinski definition) is 4. The monoisotopic (exact) mass is 366 g/mol. The Hall–Kier alpha value is -2.11. The number of benzene rings is 1. The fraction of sp³-hybridized carbons (Fsp3) is 0.500. The van der Waals surface area contributed by atoms with Gasteiger partial charge in [0.1, 0.15) is 12.4 Å². The van der Waals surface area contributed by atoms with Gasteiger partial charge in [-0.3, -0.25) is 9.69 Å². The SMILES string of the molecule is COCc1ccc(C(=O)N2C[C@@H](c3ccccc3)[C@@H]3[C@H]2C2CCN3CC2)o1. The maximum atomic E-state index is 13.3. The first-order chi connectivity index (χ1) is 13.3. The second-order valence-electron chi connectivity index (χ2n) is 8.03. The summed E-state index contributed by atoms with van der Waals surface area (Å²) < 4.78 is 10.9. The van der Waals surface area contributed by atoms with Crippen LogP contribution in [0.3, 0.4) is 0 Å². The third-order valence-corrected chi connectivity index (χ3v) is 6.64. The highest BCUT2D eigenvalue weighted by Crippen LogP contribution is 2.46. The molecule has 0 unspecified atom stereocenters. The molecule has 6 rings (SSSR count). The summed E-state index contributed by atoms with van der Waals surface area (Å²) >= 11 is 0. The van der Waals surface area contributed by atoms with E-state index in [1.54, 1.807) is 13.2 Å². The van der Waals surface area contributed by atoms with Crippen LogP contribution in [0, 0.1) is 5.92 Å². The molecule has 4 saturated heterocycles. The first-order valence-corrected chi connectivity index (χ1v) is 9.94. The quantitative estimate of drug-likeness (QED) is 0.834. The molecule has 3 atom stereocenters. The molecule has 4 fully saturated rings. The number of rotatable bonds is 4. The van der Waals surface area contributed by atoms with E-state index in [4.69, 9.17) is 9.15 Å². The van der Waals surface area contributed by atoms with Gasteiger partial charge in [0.25, 0.3) is 5.91 Å². The normalized spacial score (nSPS) is 31.9. The topological polar surface area (TPSA) is 45.9 Å². The molecule has 4 aliphatic heterocycles. The van der Waals surface area contributed by atoms with Gasteiger partial charge in [-0.15, -0.1) is 0 Å². The van der Waals surface area contributed by atoms with Gasteiger partial charge in [0.15, 0.2) is 5.76 Å². The van der Waals surface area contributed by atoms with Crippen LogP contribution in [0.1, 0.15) is 40.6 Å². The molecule has 1 amide bonds. The predicted octanol–water partition coefficient (Wildman–Crippen LogP) is 3.13. The molecule has 4 aliphatic rings. The average molecular weight is 366 g/mol. The van der Waals surface area contributed by atoms with E-state index >= 15 is 0 Å². The smallest absolute Gasteiger partial charge is 0.289 e. The van der Waals surface area contributed by atoms with E-state index in [0.717, 1.165) is 19.6 Å². The minimum Gasteiger partial charge on any atom is -0.453 e. The molecule has 2 aromatic rings. The van der Waals surface area contributed by atoms with Crippen LogP contribution < -0.4 is 0 Å². The van der Waals surface area contributed by atoms with E-state index in [2.05, 4.69) is 40.1 Å². The lowest BCUT2D eigenvalue weighted by Crippen LogP contribution is -2.60. The molecule has 0 radical (unpaired) electrons. The Balaban J connectivity index is 1.47. The highest BCUT2D eigenvalue weighted by Gasteiger charge is 2.54. The van der Waals surface area contributed by atoms with Gasteiger partial charge in [-0.1, -0.05) is 30.3 Å². The molecule has 0 N–H and O–H groups in total. The van der Waals surface area contributed by atoms with Crippen molar-refractivity contribution in [2.24, 2.45) is 5.92 Å². The summed E-state index contributed by atoms with van der Waals surface area (Å²) in [5, 5.41) is 0. The fourth-order valence-electron chi connectivity index (χ4n) is 5.50. The Kier molecular flexibility index (Phi) is 4.29. The van der Waals surface area contributed by atoms with Gasteiger partial charge in [-0.05, 0) is 49.5 Å². The molecular weight excluding hydrogens is 340 g/mol. The van der Waals surface area contributed by atoms with Crippen molar-refractivity contribution in [3.05, 3.63) is 59.5 Å². The van der Waals surface area contributed by atoms with Crippen molar-refractivity contribution in [1.29, 1.82) is 0 Å². The first-order valence-electron chi connectivity index (χ1n) is 9.94. The summed E-state index contributed by atoms with van der Waals surface area (Å²) in [5.74, 6) is 2.14. The summed E-state index contributed by atoms with van der Waals surface area (Å²) in [5.41, 5.74) is 1.34. The number of hydrogen-bond donors (Lipinski definition) is 0. The van der Waals surface area contributed by atoms with E-state index in [0.29, 0.717) is 42.0 Å². The van der Waals surface area contributed by atoms with Crippen molar-refractivity contribution >= 4 is 5.91 Å². The van der Waals surface area contributed by atoms with Crippen LogP contribution in [-0.2, 0) is 11.3 Å². The molecule has 0 spiro atoms. The standard InChI is InChI=1S/C22H26N2O3/c1-26-14-17-7-8-19(27-17)22(25)24-13-18(15-5-3-2-4-6-15)21-20(24)16-9-11-23(21)12-10-16/h2-8,16,18,20-21H,9-14H2,1H3/t18-,20+,21+/m0/s1. The number of nitrogens with zero attached hydrogens (tertiary/aromatic N) is 2. The van der Waals surface area contributed by atoms with Gasteiger partial charge >= 0.3 is 0 Å². The summed E-state index contributed by atoms with van der Waals surface area (Å²) in [6, 6.07) is 15.1. The second-order valence-corrected chi connectivity index (χ2v) is 8.03. The van der Waals surface area contributed by atoms with Crippen LogP contribution in [0.15, 0.2) is 46.9 Å². The van der Waals surface area contributed by atoms with Crippen molar-refractivity contribution in [2.45, 2.75) is 37.5 Å². The predicted molar refractivity (Wildman–Crippen MR) is 102 cm³/mol. The van der Waals surface area contributed by atoms with Gasteiger partial charge < -0.3 is 14.1 Å². The first kappa shape index (κ1) is 17.0. The van der Waals surface area contributed by atoms with E-state index < -0.39 is 0 Å². The van der Waals surface area contributed by atoms with Crippen LogP contribution in [0.5, 0.6) is 0 Å². The van der Waals surface area contributed by atoms with Crippen molar-refractivity contribution < 1.29 is 13.9 Å². The number of ether oxygens (including phenoxy) is 1. The maximum Gasteiger partial charge on any atom is 0.289 e. The van der Waals surface area contributed by atoms with Gasteiger partial charge in [-0.2, -0.15) is 0 Å². The van der Waals surface area contributed by atoms with E-state index in [-0.39, 0.29) is 5.91 Å². The number of likely N-dealkylation sites (tertiary alicyclic amines) is 1. The van der Waals surface area contributed by atoms with Crippen molar-refractivity contribution in [1.82, 2.24) is 9.80 Å². The summed E-state index contributed by atoms with van der Waals surface area (Å²) in [6.45, 7) is 3.49. The van der Waals surface area contributed by atoms with Crippen molar-refractivity contribution in [2.75, 3.05) is 26.7 Å². The Labute approximate surface area is 159 Å². The zero-order valence-electron chi connectivity index (χ0n) is 15.7. The Bertz CT molecular complexity index is 810. The Morgan fingerprint density at radius 2 is 1.89 bits per heavy atom. The average Bonchev–Trinajstić information content (AvgIpc) is 3.36. The Morgan fingerprint density at radius 1 is 1.11 bits per heavy atom. The second kappa shape index (κ2) is 6.80. The lowest BCUT2D eigenvalue weighted by Gasteiger charge is -2.51. The molecule has 142 valence electrons. The van der Waals surface area contributed by atoms with Gasteiger partial charge in [0.05, 0.1) is 6.04 Å². The molecular formula is C22H26N2O3. The van der Waals surface area contributed by atoms with Crippen LogP contribution in [-0.4, -0.2) is 54.5 Å². The number of carbonyl (C=O) groups excluding carboxylic acids is 1. The fourth-order valence-corrected chi connectivity index (χ4v) is 5.50. The molecule has 1 aromatic heterocycles. The highest BCUT2D eigenvalue weighted by atomic mass is 16.5. The molecule has 2 bridgehead atoms. The molecule has 27 heavy (non-hydrogen) atoms. The van der Waals surface area contributed by atoms with Crippen LogP contribution in [0.4, 0.5) is 0 Å². The lowest BCUT2D eigenvalue weighted by atomic mass is 9.75. The molecule has 1 aromatic carbocycles. The molecule has 5 heteroatoms. The van der Waals surface area contributed by atoms with Crippen molar-refractivity contribution in [3.8, 4) is 0 Å². The molecule has 0 aliphatic carbocycles. The number of furan rings is 1. The van der Waals surface area contributed by atoms with Crippen LogP contribution in [0.25, 0.3) is 0 Å². The van der Waals surface area contributed by atoms with Gasteiger partial charge in [0.2, 0.25) is 0 Å². The third kappa shape index (κ3) is 2.80. The number of piperidine rings is 3. The number of methoxy groups -OCH3 is 1. The zero-order valence-corrected chi connectivity index (χ0v) is 15.7. The van der Waals surface area contributed by atoms with Gasteiger partial charge in [-0.25, -0.2) is 0 Å². The van der Waals surface area contributed by atoms with Crippen molar-refractivity contribution in [3.63, 3.8) is 0 Å². The largest absolute Gasteiger partial charge is 0.453 e. The number of fused-ring (bicyclic) bond motifs is 2. The minimum atomic E-state index is 0.0273. The summed E-state index contributed by atoms with van der Waals surface area (Å²) in [6.07, 6.45) is 2.39. The Morgan fingerprint density at radius 3 is 2.63 bits per heavy atom. The van der Waals surface area contributed by atoms with Gasteiger partial charge in [0, 0.05) is 25.6 Å². The highest BCUT2D eigenvalue weighted by molar-refractivity contribution is 5.92. The third-order valence-electron chi connectivity index (χ3n) is 6.64. The molecule has 0 saturated carbocycles. The van der Waals surface area contributed by atoms with E-state index in [1.165, 1.54) is 18.4 Å². The summed E-state index contributed by atoms with van der Waals surface area (Å²) in [7, 11) is 1.63. The molecule has 5 nitrogen and oxygen atoms in total. The molecule has 5 heterocycles. The maximum absolute atomic E-state index is 13.3. The number of carbonyl (C=O) groups is 1. The number of amides is 1. The van der Waals surface area contributed by atoms with E-state index in [1.807, 2.05) is 6.07 Å². The minimum absolute atomic E-state index is 0.0273. The van der Waals surface area contributed by atoms with E-state index in [9.17, 15) is 4.79 Å². The van der Waals surface area contributed by atoms with Crippen LogP contribution in [0.2, 0.25) is 0 Å². The van der Waals surface area contributed by atoms with Crippen LogP contribution >= 0.6 is 0 Å². The lowest BCUT2D eigenvalue weighted by molar-refractivity contribution is -0.00439. The zero-order chi connectivity index (χ0) is 18.4. The summed E-state index contributed by atoms with van der Waals surface area (Å²) in [4.78, 5) is 18.1.